The average Bonchev–Trinajstić information content (AvgIpc) is 3.12. The summed E-state index contributed by atoms with van der Waals surface area (Å²) in [6, 6.07) is 17.5. The molecule has 0 bridgehead atoms. The van der Waals surface area contributed by atoms with Crippen LogP contribution in [0.4, 0.5) is 5.69 Å². The van der Waals surface area contributed by atoms with Crippen LogP contribution in [0.2, 0.25) is 0 Å². The molecule has 0 saturated heterocycles. The van der Waals surface area contributed by atoms with E-state index in [0.29, 0.717) is 11.5 Å². The highest BCUT2D eigenvalue weighted by Gasteiger charge is 2.13. The molecule has 1 amide bonds. The number of carbonyl (C=O) groups is 1. The van der Waals surface area contributed by atoms with E-state index in [1.165, 1.54) is 0 Å². The first-order valence-corrected chi connectivity index (χ1v) is 10.4. The van der Waals surface area contributed by atoms with Crippen LogP contribution in [0.1, 0.15) is 32.6 Å². The normalized spacial score (nSPS) is 10.8. The van der Waals surface area contributed by atoms with Gasteiger partial charge in [0.1, 0.15) is 5.52 Å². The number of amides is 1. The second-order valence-corrected chi connectivity index (χ2v) is 8.21. The number of hydrogen-bond acceptors (Lipinski definition) is 4. The second-order valence-electron chi connectivity index (χ2n) is 7.80. The van der Waals surface area contributed by atoms with E-state index in [0.717, 1.165) is 44.6 Å². The highest BCUT2D eigenvalue weighted by Crippen LogP contribution is 2.28. The largest absolute Gasteiger partial charge is 0.436 e. The topological polar surface area (TPSA) is 67.2 Å². The smallest absolute Gasteiger partial charge is 0.257 e. The number of nitrogens with zero attached hydrogens (tertiary/aromatic N) is 1. The van der Waals surface area contributed by atoms with Crippen LogP contribution in [-0.4, -0.2) is 16.0 Å². The molecular weight excluding hydrogens is 406 g/mol. The summed E-state index contributed by atoms with van der Waals surface area (Å²) in [5.74, 6) is 0.293. The molecule has 0 atom stereocenters. The molecular formula is C25H23N3O2S. The van der Waals surface area contributed by atoms with Crippen LogP contribution in [0.3, 0.4) is 0 Å². The molecule has 0 saturated carbocycles. The molecule has 3 aromatic carbocycles. The summed E-state index contributed by atoms with van der Waals surface area (Å²) in [5, 5.41) is 6.11. The summed E-state index contributed by atoms with van der Waals surface area (Å²) >= 11 is 5.38. The van der Waals surface area contributed by atoms with E-state index in [2.05, 4.69) is 15.6 Å². The summed E-state index contributed by atoms with van der Waals surface area (Å²) in [5.41, 5.74) is 7.92. The molecule has 31 heavy (non-hydrogen) atoms. The Bertz CT molecular complexity index is 1300. The third kappa shape index (κ3) is 4.64. The predicted molar refractivity (Wildman–Crippen MR) is 129 cm³/mol. The van der Waals surface area contributed by atoms with Gasteiger partial charge in [-0.05, 0) is 87.4 Å². The molecule has 1 aromatic heterocycles. The fraction of sp³-hybridized carbons (Fsp3) is 0.160. The highest BCUT2D eigenvalue weighted by atomic mass is 32.1. The lowest BCUT2D eigenvalue weighted by atomic mass is 10.1. The lowest BCUT2D eigenvalue weighted by molar-refractivity contribution is 0.0977. The standard InChI is InChI=1S/C25H23N3O2S/c1-14-5-8-22-21(12-14)26-24(30-22)18-7-6-17(4)20(13-18)27-25(31)28-23(29)19-10-15(2)9-16(3)11-19/h5-13H,1-4H3,(H2,27,28,29,31). The van der Waals surface area contributed by atoms with Gasteiger partial charge in [0, 0.05) is 16.8 Å². The number of oxazole rings is 1. The molecule has 6 heteroatoms. The van der Waals surface area contributed by atoms with Crippen LogP contribution in [0.5, 0.6) is 0 Å². The molecule has 5 nitrogen and oxygen atoms in total. The zero-order valence-corrected chi connectivity index (χ0v) is 18.7. The Hall–Kier alpha value is -3.51. The molecule has 156 valence electrons. The summed E-state index contributed by atoms with van der Waals surface area (Å²) in [7, 11) is 0. The minimum atomic E-state index is -0.243. The molecule has 4 aromatic rings. The fourth-order valence-electron chi connectivity index (χ4n) is 3.49. The predicted octanol–water partition coefficient (Wildman–Crippen LogP) is 5.86. The van der Waals surface area contributed by atoms with Gasteiger partial charge in [-0.2, -0.15) is 0 Å². The number of rotatable bonds is 3. The van der Waals surface area contributed by atoms with Crippen molar-refractivity contribution in [2.75, 3.05) is 5.32 Å². The van der Waals surface area contributed by atoms with Gasteiger partial charge in [0.05, 0.1) is 0 Å². The van der Waals surface area contributed by atoms with E-state index in [1.807, 2.05) is 82.3 Å². The van der Waals surface area contributed by atoms with Gasteiger partial charge in [-0.15, -0.1) is 0 Å². The number of hydrogen-bond donors (Lipinski definition) is 2. The number of fused-ring (bicyclic) bond motifs is 1. The summed E-state index contributed by atoms with van der Waals surface area (Å²) in [6.07, 6.45) is 0. The van der Waals surface area contributed by atoms with Gasteiger partial charge < -0.3 is 9.73 Å². The van der Waals surface area contributed by atoms with Gasteiger partial charge >= 0.3 is 0 Å². The monoisotopic (exact) mass is 429 g/mol. The molecule has 0 aliphatic carbocycles. The van der Waals surface area contributed by atoms with Crippen molar-refractivity contribution in [2.24, 2.45) is 0 Å². The second kappa shape index (κ2) is 8.32. The van der Waals surface area contributed by atoms with Crippen LogP contribution in [-0.2, 0) is 0 Å². The van der Waals surface area contributed by atoms with Crippen molar-refractivity contribution in [1.82, 2.24) is 10.3 Å². The van der Waals surface area contributed by atoms with Crippen molar-refractivity contribution >= 4 is 40.0 Å². The van der Waals surface area contributed by atoms with E-state index in [1.54, 1.807) is 0 Å². The van der Waals surface area contributed by atoms with Gasteiger partial charge in [-0.25, -0.2) is 4.98 Å². The van der Waals surface area contributed by atoms with Crippen molar-refractivity contribution in [1.29, 1.82) is 0 Å². The van der Waals surface area contributed by atoms with E-state index in [9.17, 15) is 4.79 Å². The lowest BCUT2D eigenvalue weighted by Crippen LogP contribution is -2.34. The number of anilines is 1. The van der Waals surface area contributed by atoms with Crippen LogP contribution >= 0.6 is 12.2 Å². The number of benzene rings is 3. The molecule has 2 N–H and O–H groups in total. The van der Waals surface area contributed by atoms with E-state index in [-0.39, 0.29) is 11.0 Å². The quantitative estimate of drug-likeness (QED) is 0.400. The summed E-state index contributed by atoms with van der Waals surface area (Å²) in [4.78, 5) is 17.2. The van der Waals surface area contributed by atoms with Gasteiger partial charge in [-0.1, -0.05) is 29.3 Å². The maximum Gasteiger partial charge on any atom is 0.257 e. The molecule has 0 spiro atoms. The zero-order chi connectivity index (χ0) is 22.1. The van der Waals surface area contributed by atoms with Crippen LogP contribution in [0.25, 0.3) is 22.6 Å². The van der Waals surface area contributed by atoms with E-state index < -0.39 is 0 Å². The SMILES string of the molecule is Cc1cc(C)cc(C(=O)NC(=S)Nc2cc(-c3nc4cc(C)ccc4o3)ccc2C)c1. The Morgan fingerprint density at radius 2 is 1.65 bits per heavy atom. The van der Waals surface area contributed by atoms with Gasteiger partial charge in [-0.3, -0.25) is 10.1 Å². The van der Waals surface area contributed by atoms with Crippen molar-refractivity contribution in [2.45, 2.75) is 27.7 Å². The zero-order valence-electron chi connectivity index (χ0n) is 17.9. The molecule has 0 aliphatic rings. The Morgan fingerprint density at radius 1 is 0.903 bits per heavy atom. The third-order valence-electron chi connectivity index (χ3n) is 4.99. The number of aromatic nitrogens is 1. The maximum absolute atomic E-state index is 12.6. The number of nitrogens with one attached hydrogen (secondary N) is 2. The molecule has 0 fully saturated rings. The van der Waals surface area contributed by atoms with Crippen LogP contribution in [0.15, 0.2) is 59.0 Å². The molecule has 0 unspecified atom stereocenters. The maximum atomic E-state index is 12.6. The minimum absolute atomic E-state index is 0.234. The van der Waals surface area contributed by atoms with Crippen molar-refractivity contribution in [3.8, 4) is 11.5 Å². The molecule has 4 rings (SSSR count). The van der Waals surface area contributed by atoms with Gasteiger partial charge in [0.2, 0.25) is 5.89 Å². The first-order valence-electron chi connectivity index (χ1n) is 9.97. The number of thiocarbonyl (C=S) groups is 1. The van der Waals surface area contributed by atoms with Gasteiger partial charge in [0.25, 0.3) is 5.91 Å². The van der Waals surface area contributed by atoms with Crippen molar-refractivity contribution in [3.63, 3.8) is 0 Å². The van der Waals surface area contributed by atoms with Gasteiger partial charge in [0.15, 0.2) is 10.7 Å². The fourth-order valence-corrected chi connectivity index (χ4v) is 3.69. The van der Waals surface area contributed by atoms with Crippen molar-refractivity contribution in [3.05, 3.63) is 82.4 Å². The van der Waals surface area contributed by atoms with Crippen molar-refractivity contribution < 1.29 is 9.21 Å². The summed E-state index contributed by atoms with van der Waals surface area (Å²) < 4.78 is 5.91. The van der Waals surface area contributed by atoms with E-state index >= 15 is 0 Å². The molecule has 0 aliphatic heterocycles. The lowest BCUT2D eigenvalue weighted by Gasteiger charge is -2.13. The highest BCUT2D eigenvalue weighted by molar-refractivity contribution is 7.80. The average molecular weight is 430 g/mol. The van der Waals surface area contributed by atoms with E-state index in [4.69, 9.17) is 16.6 Å². The Labute approximate surface area is 186 Å². The third-order valence-corrected chi connectivity index (χ3v) is 5.19. The van der Waals surface area contributed by atoms with Crippen LogP contribution < -0.4 is 10.6 Å². The van der Waals surface area contributed by atoms with Crippen LogP contribution in [0, 0.1) is 27.7 Å². The first kappa shape index (κ1) is 20.8. The Balaban J connectivity index is 1.54. The minimum Gasteiger partial charge on any atom is -0.436 e. The molecule has 1 heterocycles. The number of aryl methyl sites for hydroxylation is 4. The summed E-state index contributed by atoms with van der Waals surface area (Å²) in [6.45, 7) is 7.91. The molecule has 0 radical (unpaired) electrons. The Kier molecular flexibility index (Phi) is 5.57. The number of carbonyl (C=O) groups excluding carboxylic acids is 1. The first-order chi connectivity index (χ1) is 14.8. The Morgan fingerprint density at radius 3 is 2.39 bits per heavy atom.